The molecular weight excluding hydrogens is 218 g/mol. The Kier molecular flexibility index (Phi) is 3.69. The van der Waals surface area contributed by atoms with E-state index in [0.29, 0.717) is 0 Å². The van der Waals surface area contributed by atoms with E-state index in [0.717, 1.165) is 30.3 Å². The summed E-state index contributed by atoms with van der Waals surface area (Å²) in [5, 5.41) is 3.73. The smallest absolute Gasteiger partial charge is 0.0101 e. The molecule has 3 rings (SSSR count). The summed E-state index contributed by atoms with van der Waals surface area (Å²) in [6.07, 6.45) is 7.23. The summed E-state index contributed by atoms with van der Waals surface area (Å²) in [4.78, 5) is 0. The van der Waals surface area contributed by atoms with Gasteiger partial charge < -0.3 is 5.32 Å². The summed E-state index contributed by atoms with van der Waals surface area (Å²) in [5.74, 6) is 2.79. The fraction of sp³-hybridized carbons (Fsp3) is 0.647. The molecule has 0 aromatic heterocycles. The molecule has 0 amide bonds. The molecule has 0 heterocycles. The molecule has 98 valence electrons. The lowest BCUT2D eigenvalue weighted by molar-refractivity contribution is 0.417. The van der Waals surface area contributed by atoms with Gasteiger partial charge in [0.2, 0.25) is 0 Å². The van der Waals surface area contributed by atoms with E-state index in [2.05, 4.69) is 42.6 Å². The van der Waals surface area contributed by atoms with Gasteiger partial charge in [0, 0.05) is 6.04 Å². The van der Waals surface area contributed by atoms with Crippen LogP contribution in [0.25, 0.3) is 0 Å². The first-order valence-electron chi connectivity index (χ1n) is 7.66. The van der Waals surface area contributed by atoms with Crippen molar-refractivity contribution in [2.75, 3.05) is 6.54 Å². The molecule has 0 radical (unpaired) electrons. The molecule has 0 bridgehead atoms. The molecule has 0 spiro atoms. The molecule has 18 heavy (non-hydrogen) atoms. The summed E-state index contributed by atoms with van der Waals surface area (Å²) in [6.45, 7) is 3.36. The zero-order chi connectivity index (χ0) is 12.4. The van der Waals surface area contributed by atoms with E-state index in [9.17, 15) is 0 Å². The zero-order valence-electron chi connectivity index (χ0n) is 11.4. The van der Waals surface area contributed by atoms with E-state index in [1.165, 1.54) is 32.1 Å². The predicted molar refractivity (Wildman–Crippen MR) is 76.7 cm³/mol. The molecule has 2 saturated carbocycles. The van der Waals surface area contributed by atoms with E-state index in [-0.39, 0.29) is 0 Å². The number of hydrogen-bond donors (Lipinski definition) is 1. The Balaban J connectivity index is 1.55. The first-order chi connectivity index (χ1) is 8.88. The highest BCUT2D eigenvalue weighted by Crippen LogP contribution is 2.50. The average Bonchev–Trinajstić information content (AvgIpc) is 3.29. The van der Waals surface area contributed by atoms with Gasteiger partial charge in [0.05, 0.1) is 0 Å². The fourth-order valence-corrected chi connectivity index (χ4v) is 3.29. The highest BCUT2D eigenvalue weighted by molar-refractivity contribution is 5.26. The molecule has 1 heteroatoms. The van der Waals surface area contributed by atoms with Gasteiger partial charge in [0.1, 0.15) is 0 Å². The van der Waals surface area contributed by atoms with Crippen LogP contribution in [0.3, 0.4) is 0 Å². The maximum absolute atomic E-state index is 3.73. The van der Waals surface area contributed by atoms with Gasteiger partial charge in [-0.05, 0) is 49.1 Å². The highest BCUT2D eigenvalue weighted by Gasteiger charge is 2.43. The lowest BCUT2D eigenvalue weighted by Crippen LogP contribution is -2.31. The second-order valence-corrected chi connectivity index (χ2v) is 6.10. The van der Waals surface area contributed by atoms with Crippen molar-refractivity contribution in [3.8, 4) is 0 Å². The summed E-state index contributed by atoms with van der Waals surface area (Å²) < 4.78 is 0. The highest BCUT2D eigenvalue weighted by atomic mass is 14.9. The van der Waals surface area contributed by atoms with Gasteiger partial charge in [-0.25, -0.2) is 0 Å². The molecule has 0 aliphatic heterocycles. The quantitative estimate of drug-likeness (QED) is 0.764. The molecule has 1 N–H and O–H groups in total. The van der Waals surface area contributed by atoms with Crippen LogP contribution in [0.5, 0.6) is 0 Å². The number of rotatable bonds is 7. The van der Waals surface area contributed by atoms with Crippen LogP contribution in [0, 0.1) is 11.8 Å². The van der Waals surface area contributed by atoms with Crippen molar-refractivity contribution in [1.29, 1.82) is 0 Å². The molecule has 2 fully saturated rings. The van der Waals surface area contributed by atoms with E-state index < -0.39 is 0 Å². The third-order valence-corrected chi connectivity index (χ3v) is 4.63. The standard InChI is InChI=1S/C17H25N/c1-2-18-17(11-10-13-8-9-13)16-12-15(16)14-6-4-3-5-7-14/h3-7,13,15-18H,2,8-12H2,1H3. The van der Waals surface area contributed by atoms with Crippen molar-refractivity contribution in [2.45, 2.75) is 51.0 Å². The van der Waals surface area contributed by atoms with Gasteiger partial charge in [0.15, 0.2) is 0 Å². The molecule has 1 aromatic carbocycles. The monoisotopic (exact) mass is 243 g/mol. The van der Waals surface area contributed by atoms with Crippen LogP contribution in [0.1, 0.15) is 50.5 Å². The Morgan fingerprint density at radius 3 is 2.67 bits per heavy atom. The minimum atomic E-state index is 0.765. The van der Waals surface area contributed by atoms with Crippen molar-refractivity contribution in [1.82, 2.24) is 5.32 Å². The first-order valence-corrected chi connectivity index (χ1v) is 7.66. The lowest BCUT2D eigenvalue weighted by Gasteiger charge is -2.18. The second-order valence-electron chi connectivity index (χ2n) is 6.10. The van der Waals surface area contributed by atoms with Crippen molar-refractivity contribution in [2.24, 2.45) is 11.8 Å². The van der Waals surface area contributed by atoms with Crippen molar-refractivity contribution < 1.29 is 0 Å². The minimum Gasteiger partial charge on any atom is -0.314 e. The maximum Gasteiger partial charge on any atom is 0.0101 e. The van der Waals surface area contributed by atoms with Crippen LogP contribution in [-0.2, 0) is 0 Å². The van der Waals surface area contributed by atoms with Gasteiger partial charge in [0.25, 0.3) is 0 Å². The van der Waals surface area contributed by atoms with Crippen LogP contribution >= 0.6 is 0 Å². The van der Waals surface area contributed by atoms with Crippen molar-refractivity contribution in [3.05, 3.63) is 35.9 Å². The Hall–Kier alpha value is -0.820. The largest absolute Gasteiger partial charge is 0.314 e. The van der Waals surface area contributed by atoms with E-state index in [1.807, 2.05) is 0 Å². The molecule has 3 unspecified atom stereocenters. The Morgan fingerprint density at radius 1 is 1.22 bits per heavy atom. The SMILES string of the molecule is CCNC(CCC1CC1)C1CC1c1ccccc1. The normalized spacial score (nSPS) is 28.1. The maximum atomic E-state index is 3.73. The summed E-state index contributed by atoms with van der Waals surface area (Å²) in [5.41, 5.74) is 1.55. The van der Waals surface area contributed by atoms with Crippen LogP contribution in [0.15, 0.2) is 30.3 Å². The molecule has 1 aromatic rings. The van der Waals surface area contributed by atoms with Crippen molar-refractivity contribution >= 4 is 0 Å². The lowest BCUT2D eigenvalue weighted by atomic mass is 10.0. The Morgan fingerprint density at radius 2 is 2.00 bits per heavy atom. The third-order valence-electron chi connectivity index (χ3n) is 4.63. The van der Waals surface area contributed by atoms with E-state index in [4.69, 9.17) is 0 Å². The summed E-state index contributed by atoms with van der Waals surface area (Å²) >= 11 is 0. The average molecular weight is 243 g/mol. The predicted octanol–water partition coefficient (Wildman–Crippen LogP) is 3.96. The minimum absolute atomic E-state index is 0.765. The van der Waals surface area contributed by atoms with Gasteiger partial charge in [-0.1, -0.05) is 50.1 Å². The first kappa shape index (κ1) is 12.2. The Bertz CT molecular complexity index is 368. The fourth-order valence-electron chi connectivity index (χ4n) is 3.29. The topological polar surface area (TPSA) is 12.0 Å². The molecule has 2 aliphatic rings. The van der Waals surface area contributed by atoms with Gasteiger partial charge in [-0.2, -0.15) is 0 Å². The number of benzene rings is 1. The number of hydrogen-bond acceptors (Lipinski definition) is 1. The van der Waals surface area contributed by atoms with Crippen LogP contribution < -0.4 is 5.32 Å². The molecular formula is C17H25N. The van der Waals surface area contributed by atoms with Gasteiger partial charge in [-0.3, -0.25) is 0 Å². The molecule has 3 atom stereocenters. The van der Waals surface area contributed by atoms with E-state index in [1.54, 1.807) is 5.56 Å². The summed E-state index contributed by atoms with van der Waals surface area (Å²) in [6, 6.07) is 11.8. The zero-order valence-corrected chi connectivity index (χ0v) is 11.4. The van der Waals surface area contributed by atoms with Gasteiger partial charge >= 0.3 is 0 Å². The van der Waals surface area contributed by atoms with Crippen LogP contribution in [-0.4, -0.2) is 12.6 Å². The molecule has 0 saturated heterocycles. The van der Waals surface area contributed by atoms with Crippen LogP contribution in [0.2, 0.25) is 0 Å². The van der Waals surface area contributed by atoms with Crippen LogP contribution in [0.4, 0.5) is 0 Å². The molecule has 1 nitrogen and oxygen atoms in total. The molecule has 2 aliphatic carbocycles. The second kappa shape index (κ2) is 5.44. The van der Waals surface area contributed by atoms with E-state index >= 15 is 0 Å². The Labute approximate surface area is 111 Å². The van der Waals surface area contributed by atoms with Crippen molar-refractivity contribution in [3.63, 3.8) is 0 Å². The third kappa shape index (κ3) is 2.95. The van der Waals surface area contributed by atoms with Gasteiger partial charge in [-0.15, -0.1) is 0 Å². The number of nitrogens with one attached hydrogen (secondary N) is 1. The summed E-state index contributed by atoms with van der Waals surface area (Å²) in [7, 11) is 0.